The fraction of sp³-hybridized carbons (Fsp3) is 0.619. The van der Waals surface area contributed by atoms with Gasteiger partial charge in [-0.05, 0) is 44.4 Å². The van der Waals surface area contributed by atoms with E-state index >= 15 is 0 Å². The van der Waals surface area contributed by atoms with Crippen LogP contribution < -0.4 is 9.80 Å². The molecule has 1 amide bonds. The number of hydrogen-bond acceptors (Lipinski definition) is 6. The van der Waals surface area contributed by atoms with E-state index in [2.05, 4.69) is 22.0 Å². The predicted octanol–water partition coefficient (Wildman–Crippen LogP) is 2.65. The van der Waals surface area contributed by atoms with Crippen LogP contribution in [0.15, 0.2) is 18.2 Å². The molecule has 0 spiro atoms. The Labute approximate surface area is 170 Å². The standard InChI is InChI=1S/C21H29FN4O3/c1-15(27)3-7-18-14-25(21(28)29-18)17-6-8-20(19(22)13-17)24-10-9-23(2)26(12-11-24)16-4-5-16/h6,8,13,16,18H,3-5,7,9-12,14H2,1-2H3/t18-/m0/s1. The minimum Gasteiger partial charge on any atom is -0.444 e. The largest absolute Gasteiger partial charge is 0.444 e. The number of benzene rings is 1. The van der Waals surface area contributed by atoms with Crippen molar-refractivity contribution < 1.29 is 18.7 Å². The van der Waals surface area contributed by atoms with E-state index < -0.39 is 6.09 Å². The molecular weight excluding hydrogens is 375 g/mol. The Morgan fingerprint density at radius 1 is 1.21 bits per heavy atom. The number of hydrogen-bond donors (Lipinski definition) is 0. The van der Waals surface area contributed by atoms with Crippen LogP contribution in [0.1, 0.15) is 32.6 Å². The van der Waals surface area contributed by atoms with E-state index in [4.69, 9.17) is 4.74 Å². The topological polar surface area (TPSA) is 56.3 Å². The first-order valence-corrected chi connectivity index (χ1v) is 10.4. The number of carbonyl (C=O) groups excluding carboxylic acids is 2. The highest BCUT2D eigenvalue weighted by Gasteiger charge is 2.34. The van der Waals surface area contributed by atoms with Gasteiger partial charge in [0, 0.05) is 45.7 Å². The minimum atomic E-state index is -0.484. The van der Waals surface area contributed by atoms with E-state index in [1.54, 1.807) is 12.1 Å². The maximum absolute atomic E-state index is 15.0. The molecule has 8 heteroatoms. The average Bonchev–Trinajstić information content (AvgIpc) is 3.46. The molecule has 0 N–H and O–H groups in total. The maximum Gasteiger partial charge on any atom is 0.414 e. The number of nitrogens with zero attached hydrogens (tertiary/aromatic N) is 4. The quantitative estimate of drug-likeness (QED) is 0.727. The highest BCUT2D eigenvalue weighted by atomic mass is 19.1. The lowest BCUT2D eigenvalue weighted by atomic mass is 10.1. The van der Waals surface area contributed by atoms with Gasteiger partial charge in [-0.2, -0.15) is 0 Å². The number of halogens is 1. The smallest absolute Gasteiger partial charge is 0.414 e. The van der Waals surface area contributed by atoms with E-state index in [0.29, 0.717) is 36.8 Å². The summed E-state index contributed by atoms with van der Waals surface area (Å²) in [6.07, 6.45) is 2.54. The molecule has 0 unspecified atom stereocenters. The number of cyclic esters (lactones) is 1. The van der Waals surface area contributed by atoms with Crippen molar-refractivity contribution in [2.24, 2.45) is 0 Å². The van der Waals surface area contributed by atoms with Crippen molar-refractivity contribution in [1.82, 2.24) is 10.0 Å². The first kappa shape index (κ1) is 20.1. The molecule has 1 atom stereocenters. The average molecular weight is 404 g/mol. The van der Waals surface area contributed by atoms with Crippen molar-refractivity contribution in [3.63, 3.8) is 0 Å². The molecule has 2 aliphatic heterocycles. The van der Waals surface area contributed by atoms with Crippen LogP contribution >= 0.6 is 0 Å². The van der Waals surface area contributed by atoms with Crippen LogP contribution in [0.2, 0.25) is 0 Å². The highest BCUT2D eigenvalue weighted by Crippen LogP contribution is 2.31. The van der Waals surface area contributed by atoms with Crippen LogP contribution in [0, 0.1) is 5.82 Å². The highest BCUT2D eigenvalue weighted by molar-refractivity contribution is 5.90. The molecule has 0 bridgehead atoms. The SMILES string of the molecule is CC(=O)CC[C@H]1CN(c2ccc(N3CCN(C)N(C4CC4)CC3)c(F)c2)C(=O)O1. The van der Waals surface area contributed by atoms with Crippen molar-refractivity contribution in [3.8, 4) is 0 Å². The Balaban J connectivity index is 1.42. The Hall–Kier alpha value is -2.19. The molecule has 3 aliphatic rings. The second-order valence-electron chi connectivity index (χ2n) is 8.26. The van der Waals surface area contributed by atoms with Crippen LogP contribution in [0.25, 0.3) is 0 Å². The molecule has 0 aromatic heterocycles. The van der Waals surface area contributed by atoms with E-state index in [9.17, 15) is 14.0 Å². The molecule has 1 aromatic rings. The molecule has 1 aromatic carbocycles. The molecule has 4 rings (SSSR count). The Morgan fingerprint density at radius 2 is 1.97 bits per heavy atom. The number of Topliss-reactive ketones (excluding diaryl/α,β-unsaturated/α-hetero) is 1. The van der Waals surface area contributed by atoms with E-state index in [-0.39, 0.29) is 17.7 Å². The summed E-state index contributed by atoms with van der Waals surface area (Å²) in [6, 6.07) is 5.59. The zero-order valence-corrected chi connectivity index (χ0v) is 17.1. The summed E-state index contributed by atoms with van der Waals surface area (Å²) < 4.78 is 20.3. The van der Waals surface area contributed by atoms with Crippen LogP contribution in [0.5, 0.6) is 0 Å². The van der Waals surface area contributed by atoms with Gasteiger partial charge in [-0.15, -0.1) is 0 Å². The van der Waals surface area contributed by atoms with Crippen LogP contribution in [-0.2, 0) is 9.53 Å². The monoisotopic (exact) mass is 404 g/mol. The lowest BCUT2D eigenvalue weighted by molar-refractivity contribution is -0.117. The van der Waals surface area contributed by atoms with Gasteiger partial charge in [-0.3, -0.25) is 4.90 Å². The normalized spacial score (nSPS) is 24.0. The van der Waals surface area contributed by atoms with Gasteiger partial charge in [0.25, 0.3) is 0 Å². The molecule has 7 nitrogen and oxygen atoms in total. The second-order valence-corrected chi connectivity index (χ2v) is 8.26. The third-order valence-corrected chi connectivity index (χ3v) is 5.98. The lowest BCUT2D eigenvalue weighted by Crippen LogP contribution is -2.42. The Kier molecular flexibility index (Phi) is 5.74. The van der Waals surface area contributed by atoms with Gasteiger partial charge in [-0.1, -0.05) is 0 Å². The number of amides is 1. The van der Waals surface area contributed by atoms with Gasteiger partial charge in [0.05, 0.1) is 17.9 Å². The van der Waals surface area contributed by atoms with E-state index in [1.165, 1.54) is 30.7 Å². The third-order valence-electron chi connectivity index (χ3n) is 5.98. The zero-order valence-electron chi connectivity index (χ0n) is 17.1. The zero-order chi connectivity index (χ0) is 20.5. The lowest BCUT2D eigenvalue weighted by Gasteiger charge is -2.29. The molecule has 158 valence electrons. The Bertz CT molecular complexity index is 785. The molecular formula is C21H29FN4O3. The van der Waals surface area contributed by atoms with Gasteiger partial charge in [0.1, 0.15) is 17.7 Å². The minimum absolute atomic E-state index is 0.0678. The van der Waals surface area contributed by atoms with Gasteiger partial charge in [0.2, 0.25) is 0 Å². The number of anilines is 2. The molecule has 2 saturated heterocycles. The van der Waals surface area contributed by atoms with Crippen molar-refractivity contribution in [2.75, 3.05) is 49.6 Å². The summed E-state index contributed by atoms with van der Waals surface area (Å²) >= 11 is 0. The van der Waals surface area contributed by atoms with Crippen molar-refractivity contribution in [2.45, 2.75) is 44.8 Å². The molecule has 0 radical (unpaired) electrons. The number of rotatable bonds is 6. The van der Waals surface area contributed by atoms with Crippen molar-refractivity contribution in [1.29, 1.82) is 0 Å². The summed E-state index contributed by atoms with van der Waals surface area (Å²) in [7, 11) is 2.10. The first-order valence-electron chi connectivity index (χ1n) is 10.4. The number of ether oxygens (including phenoxy) is 1. The predicted molar refractivity (Wildman–Crippen MR) is 109 cm³/mol. The molecule has 1 saturated carbocycles. The summed E-state index contributed by atoms with van der Waals surface area (Å²) in [5.41, 5.74) is 1.06. The number of hydrazine groups is 1. The van der Waals surface area contributed by atoms with Gasteiger partial charge in [-0.25, -0.2) is 19.2 Å². The van der Waals surface area contributed by atoms with Gasteiger partial charge < -0.3 is 14.4 Å². The van der Waals surface area contributed by atoms with Crippen molar-refractivity contribution >= 4 is 23.3 Å². The first-order chi connectivity index (χ1) is 13.9. The van der Waals surface area contributed by atoms with Crippen LogP contribution in [0.3, 0.4) is 0 Å². The van der Waals surface area contributed by atoms with Crippen LogP contribution in [0.4, 0.5) is 20.6 Å². The molecule has 3 fully saturated rings. The maximum atomic E-state index is 15.0. The fourth-order valence-electron chi connectivity index (χ4n) is 4.14. The molecule has 29 heavy (non-hydrogen) atoms. The number of carbonyl (C=O) groups is 2. The Morgan fingerprint density at radius 3 is 2.66 bits per heavy atom. The van der Waals surface area contributed by atoms with Gasteiger partial charge in [0.15, 0.2) is 0 Å². The summed E-state index contributed by atoms with van der Waals surface area (Å²) in [5.74, 6) is -0.261. The fourth-order valence-corrected chi connectivity index (χ4v) is 4.14. The number of likely N-dealkylation sites (N-methyl/N-ethyl adjacent to an activating group) is 1. The molecule has 2 heterocycles. The molecule has 1 aliphatic carbocycles. The summed E-state index contributed by atoms with van der Waals surface area (Å²) in [5, 5.41) is 4.65. The number of ketones is 1. The van der Waals surface area contributed by atoms with E-state index in [1.807, 2.05) is 0 Å². The second kappa shape index (κ2) is 8.28. The summed E-state index contributed by atoms with van der Waals surface area (Å²) in [6.45, 7) is 5.14. The third kappa shape index (κ3) is 4.53. The van der Waals surface area contributed by atoms with Crippen LogP contribution in [-0.4, -0.2) is 73.8 Å². The van der Waals surface area contributed by atoms with E-state index in [0.717, 1.165) is 26.2 Å². The van der Waals surface area contributed by atoms with Gasteiger partial charge >= 0.3 is 6.09 Å². The summed E-state index contributed by atoms with van der Waals surface area (Å²) in [4.78, 5) is 26.9. The van der Waals surface area contributed by atoms with Crippen molar-refractivity contribution in [3.05, 3.63) is 24.0 Å².